The molecule has 0 N–H and O–H groups in total. The van der Waals surface area contributed by atoms with E-state index < -0.39 is 0 Å². The molecule has 0 aliphatic carbocycles. The van der Waals surface area contributed by atoms with Crippen molar-refractivity contribution in [3.05, 3.63) is 12.2 Å². The lowest BCUT2D eigenvalue weighted by Gasteiger charge is -1.84. The molecular weight excluding hydrogens is 118 g/mol. The standard InChI is InChI=1S/C4H7N3.CH2O/c1-4-5-3-6-7(4)2;1-2/h3H,1-2H3;1H2. The van der Waals surface area contributed by atoms with Gasteiger partial charge in [0.2, 0.25) is 0 Å². The third-order valence-corrected chi connectivity index (χ3v) is 0.938. The molecule has 0 bridgehead atoms. The lowest BCUT2D eigenvalue weighted by molar-refractivity contribution is -0.0979. The number of carbonyl (C=O) groups is 1. The molecule has 0 saturated carbocycles. The van der Waals surface area contributed by atoms with E-state index in [-0.39, 0.29) is 0 Å². The maximum Gasteiger partial charge on any atom is 0.138 e. The number of hydrogen-bond acceptors (Lipinski definition) is 3. The summed E-state index contributed by atoms with van der Waals surface area (Å²) in [5, 5.41) is 3.82. The van der Waals surface area contributed by atoms with E-state index in [1.54, 1.807) is 4.68 Å². The van der Waals surface area contributed by atoms with Crippen LogP contribution in [0.2, 0.25) is 0 Å². The number of rotatable bonds is 0. The molecule has 1 rings (SSSR count). The molecule has 0 saturated heterocycles. The Morgan fingerprint density at radius 2 is 2.22 bits per heavy atom. The monoisotopic (exact) mass is 127 g/mol. The topological polar surface area (TPSA) is 47.8 Å². The van der Waals surface area contributed by atoms with Crippen LogP contribution in [-0.4, -0.2) is 21.6 Å². The van der Waals surface area contributed by atoms with E-state index in [0.717, 1.165) is 5.82 Å². The van der Waals surface area contributed by atoms with Crippen LogP contribution in [0.5, 0.6) is 0 Å². The highest BCUT2D eigenvalue weighted by Gasteiger charge is 1.85. The summed E-state index contributed by atoms with van der Waals surface area (Å²) in [5.74, 6) is 0.944. The van der Waals surface area contributed by atoms with E-state index in [1.807, 2.05) is 20.8 Å². The minimum atomic E-state index is 0.944. The molecule has 0 aromatic carbocycles. The molecular formula is C5H9N3O. The molecule has 0 unspecified atom stereocenters. The van der Waals surface area contributed by atoms with Crippen LogP contribution in [0.15, 0.2) is 6.33 Å². The van der Waals surface area contributed by atoms with Crippen molar-refractivity contribution >= 4 is 6.79 Å². The molecule has 4 nitrogen and oxygen atoms in total. The lowest BCUT2D eigenvalue weighted by atomic mass is 10.7. The fourth-order valence-corrected chi connectivity index (χ4v) is 0.354. The first kappa shape index (κ1) is 7.81. The van der Waals surface area contributed by atoms with Crippen LogP contribution in [0.25, 0.3) is 0 Å². The Balaban J connectivity index is 0.000000291. The Bertz CT molecular complexity index is 156. The van der Waals surface area contributed by atoms with Crippen molar-refractivity contribution in [3.63, 3.8) is 0 Å². The second-order valence-electron chi connectivity index (χ2n) is 1.43. The Labute approximate surface area is 53.5 Å². The van der Waals surface area contributed by atoms with Crippen molar-refractivity contribution < 1.29 is 4.79 Å². The van der Waals surface area contributed by atoms with Gasteiger partial charge in [-0.2, -0.15) is 5.10 Å². The van der Waals surface area contributed by atoms with Crippen LogP contribution < -0.4 is 0 Å². The van der Waals surface area contributed by atoms with Crippen molar-refractivity contribution in [2.75, 3.05) is 0 Å². The lowest BCUT2D eigenvalue weighted by Crippen LogP contribution is -1.91. The molecule has 50 valence electrons. The smallest absolute Gasteiger partial charge is 0.138 e. The molecule has 1 aromatic heterocycles. The molecule has 0 aliphatic rings. The number of aryl methyl sites for hydroxylation is 2. The molecule has 0 fully saturated rings. The summed E-state index contributed by atoms with van der Waals surface area (Å²) < 4.78 is 1.72. The minimum absolute atomic E-state index is 0.944. The van der Waals surface area contributed by atoms with Gasteiger partial charge in [0.25, 0.3) is 0 Å². The van der Waals surface area contributed by atoms with Crippen LogP contribution in [0.4, 0.5) is 0 Å². The van der Waals surface area contributed by atoms with Gasteiger partial charge >= 0.3 is 0 Å². The van der Waals surface area contributed by atoms with Crippen molar-refractivity contribution in [2.24, 2.45) is 7.05 Å². The van der Waals surface area contributed by atoms with Crippen molar-refractivity contribution in [1.82, 2.24) is 14.8 Å². The zero-order chi connectivity index (χ0) is 7.28. The van der Waals surface area contributed by atoms with Gasteiger partial charge in [-0.1, -0.05) is 0 Å². The molecule has 0 spiro atoms. The predicted octanol–water partition coefficient (Wildman–Crippen LogP) is -0.0614. The van der Waals surface area contributed by atoms with Crippen LogP contribution in [0, 0.1) is 6.92 Å². The Morgan fingerprint density at radius 1 is 1.67 bits per heavy atom. The molecule has 0 radical (unpaired) electrons. The zero-order valence-corrected chi connectivity index (χ0v) is 5.53. The summed E-state index contributed by atoms with van der Waals surface area (Å²) >= 11 is 0. The number of carbonyl (C=O) groups excluding carboxylic acids is 1. The second-order valence-corrected chi connectivity index (χ2v) is 1.43. The molecule has 0 amide bonds. The number of aromatic nitrogens is 3. The van der Waals surface area contributed by atoms with Gasteiger partial charge in [0.1, 0.15) is 18.9 Å². The summed E-state index contributed by atoms with van der Waals surface area (Å²) in [6, 6.07) is 0. The molecule has 9 heavy (non-hydrogen) atoms. The van der Waals surface area contributed by atoms with Crippen molar-refractivity contribution in [2.45, 2.75) is 6.92 Å². The first-order valence-corrected chi connectivity index (χ1v) is 2.40. The highest BCUT2D eigenvalue weighted by molar-refractivity contribution is 5.10. The highest BCUT2D eigenvalue weighted by atomic mass is 16.1. The Morgan fingerprint density at radius 3 is 2.33 bits per heavy atom. The van der Waals surface area contributed by atoms with Crippen LogP contribution in [0.3, 0.4) is 0 Å². The summed E-state index contributed by atoms with van der Waals surface area (Å²) in [6.45, 7) is 3.91. The fraction of sp³-hybridized carbons (Fsp3) is 0.400. The van der Waals surface area contributed by atoms with E-state index in [4.69, 9.17) is 4.79 Å². The van der Waals surface area contributed by atoms with Gasteiger partial charge in [-0.05, 0) is 6.92 Å². The first-order valence-electron chi connectivity index (χ1n) is 2.40. The average molecular weight is 127 g/mol. The van der Waals surface area contributed by atoms with E-state index >= 15 is 0 Å². The quantitative estimate of drug-likeness (QED) is 0.490. The van der Waals surface area contributed by atoms with Crippen LogP contribution >= 0.6 is 0 Å². The third-order valence-electron chi connectivity index (χ3n) is 0.938. The first-order chi connectivity index (χ1) is 4.30. The number of hydrogen-bond donors (Lipinski definition) is 0. The molecule has 0 atom stereocenters. The summed E-state index contributed by atoms with van der Waals surface area (Å²) in [6.07, 6.45) is 1.54. The van der Waals surface area contributed by atoms with Gasteiger partial charge in [0.05, 0.1) is 0 Å². The van der Waals surface area contributed by atoms with Gasteiger partial charge in [0, 0.05) is 7.05 Å². The summed E-state index contributed by atoms with van der Waals surface area (Å²) in [5.41, 5.74) is 0. The van der Waals surface area contributed by atoms with Crippen LogP contribution in [-0.2, 0) is 11.8 Å². The van der Waals surface area contributed by atoms with Gasteiger partial charge < -0.3 is 4.79 Å². The molecule has 4 heteroatoms. The van der Waals surface area contributed by atoms with E-state index in [2.05, 4.69) is 10.1 Å². The van der Waals surface area contributed by atoms with Gasteiger partial charge in [-0.15, -0.1) is 0 Å². The Kier molecular flexibility index (Phi) is 3.27. The highest BCUT2D eigenvalue weighted by Crippen LogP contribution is 1.81. The zero-order valence-electron chi connectivity index (χ0n) is 5.53. The van der Waals surface area contributed by atoms with Crippen LogP contribution in [0.1, 0.15) is 5.82 Å². The second kappa shape index (κ2) is 3.77. The third kappa shape index (κ3) is 2.03. The van der Waals surface area contributed by atoms with Gasteiger partial charge in [-0.3, -0.25) is 4.68 Å². The van der Waals surface area contributed by atoms with Crippen molar-refractivity contribution in [1.29, 1.82) is 0 Å². The average Bonchev–Trinajstić information content (AvgIpc) is 2.23. The summed E-state index contributed by atoms with van der Waals surface area (Å²) in [4.78, 5) is 11.9. The normalized spacial score (nSPS) is 7.78. The minimum Gasteiger partial charge on any atom is -0.307 e. The summed E-state index contributed by atoms with van der Waals surface area (Å²) in [7, 11) is 1.86. The largest absolute Gasteiger partial charge is 0.307 e. The fourth-order valence-electron chi connectivity index (χ4n) is 0.354. The maximum atomic E-state index is 8.00. The van der Waals surface area contributed by atoms with E-state index in [1.165, 1.54) is 6.33 Å². The van der Waals surface area contributed by atoms with Gasteiger partial charge in [-0.25, -0.2) is 4.98 Å². The molecule has 1 heterocycles. The van der Waals surface area contributed by atoms with E-state index in [0.29, 0.717) is 0 Å². The van der Waals surface area contributed by atoms with E-state index in [9.17, 15) is 0 Å². The SMILES string of the molecule is C=O.Cc1ncnn1C. The Hall–Kier alpha value is -1.19. The van der Waals surface area contributed by atoms with Crippen molar-refractivity contribution in [3.8, 4) is 0 Å². The molecule has 0 aliphatic heterocycles. The molecule has 1 aromatic rings. The maximum absolute atomic E-state index is 8.00. The van der Waals surface area contributed by atoms with Gasteiger partial charge in [0.15, 0.2) is 0 Å². The number of nitrogens with zero attached hydrogens (tertiary/aromatic N) is 3. The predicted molar refractivity (Wildman–Crippen MR) is 32.9 cm³/mol.